The number of nitrogen functional groups attached to an aromatic ring is 3. The molecule has 6 nitrogen and oxygen atoms in total. The van der Waals surface area contributed by atoms with E-state index in [1.54, 1.807) is 0 Å². The number of hydrogen-bond acceptors (Lipinski definition) is 6. The van der Waals surface area contributed by atoms with Gasteiger partial charge in [-0.25, -0.2) is 0 Å². The Morgan fingerprint density at radius 2 is 1.12 bits per heavy atom. The summed E-state index contributed by atoms with van der Waals surface area (Å²) in [5, 5.41) is 29.8. The summed E-state index contributed by atoms with van der Waals surface area (Å²) in [5.41, 5.74) is 12.8. The van der Waals surface area contributed by atoms with E-state index in [0.717, 1.165) is 36.4 Å². The molecule has 3 aromatic rings. The van der Waals surface area contributed by atoms with Gasteiger partial charge < -0.3 is 32.5 Å². The minimum atomic E-state index is -5.77. The average molecular weight is 473 g/mol. The monoisotopic (exact) mass is 473 g/mol. The van der Waals surface area contributed by atoms with Gasteiger partial charge in [0, 0.05) is 11.1 Å². The van der Waals surface area contributed by atoms with Crippen LogP contribution in [0.3, 0.4) is 0 Å². The number of rotatable bonds is 3. The maximum absolute atomic E-state index is 13.7. The van der Waals surface area contributed by atoms with E-state index in [2.05, 4.69) is 0 Å². The van der Waals surface area contributed by atoms with Gasteiger partial charge in [-0.05, 0) is 47.0 Å². The predicted octanol–water partition coefficient (Wildman–Crippen LogP) is 5.09. The van der Waals surface area contributed by atoms with Gasteiger partial charge in [0.15, 0.2) is 5.92 Å². The number of aromatic hydroxyl groups is 3. The zero-order valence-corrected chi connectivity index (χ0v) is 16.5. The molecule has 0 saturated carbocycles. The second kappa shape index (κ2) is 7.87. The lowest BCUT2D eigenvalue weighted by atomic mass is 9.85. The number of hydrogen-bond donors (Lipinski definition) is 6. The number of benzene rings is 3. The van der Waals surface area contributed by atoms with Crippen LogP contribution in [0.4, 0.5) is 43.4 Å². The molecule has 0 amide bonds. The average Bonchev–Trinajstić information content (AvgIpc) is 2.67. The molecule has 0 spiro atoms. The van der Waals surface area contributed by atoms with Crippen molar-refractivity contribution in [1.29, 1.82) is 0 Å². The number of alkyl halides is 6. The Morgan fingerprint density at radius 3 is 1.58 bits per heavy atom. The second-order valence-electron chi connectivity index (χ2n) is 7.21. The third-order valence-electron chi connectivity index (χ3n) is 4.99. The van der Waals surface area contributed by atoms with Gasteiger partial charge in [0.05, 0.1) is 17.1 Å². The molecule has 0 aromatic heterocycles. The van der Waals surface area contributed by atoms with Crippen LogP contribution in [-0.4, -0.2) is 27.7 Å². The Bertz CT molecular complexity index is 1210. The number of phenolic OH excluding ortho intramolecular Hbond substituents is 3. The van der Waals surface area contributed by atoms with Crippen LogP contribution < -0.4 is 17.2 Å². The van der Waals surface area contributed by atoms with Gasteiger partial charge >= 0.3 is 12.4 Å². The molecule has 9 N–H and O–H groups in total. The molecule has 12 heteroatoms. The van der Waals surface area contributed by atoms with Gasteiger partial charge in [0.25, 0.3) is 0 Å². The molecule has 0 unspecified atom stereocenters. The highest BCUT2D eigenvalue weighted by Crippen LogP contribution is 2.54. The van der Waals surface area contributed by atoms with Crippen LogP contribution in [-0.2, 0) is 0 Å². The highest BCUT2D eigenvalue weighted by molar-refractivity contribution is 5.92. The molecule has 176 valence electrons. The first kappa shape index (κ1) is 23.7. The quantitative estimate of drug-likeness (QED) is 0.178. The van der Waals surface area contributed by atoms with Gasteiger partial charge in [0.1, 0.15) is 17.2 Å². The molecule has 0 heterocycles. The zero-order chi connectivity index (χ0) is 24.9. The third kappa shape index (κ3) is 4.36. The van der Waals surface area contributed by atoms with Crippen molar-refractivity contribution in [3.63, 3.8) is 0 Å². The molecule has 0 bridgehead atoms. The first-order valence-electron chi connectivity index (χ1n) is 9.09. The van der Waals surface area contributed by atoms with Crippen molar-refractivity contribution in [3.05, 3.63) is 48.0 Å². The van der Waals surface area contributed by atoms with E-state index in [1.165, 1.54) is 0 Å². The summed E-state index contributed by atoms with van der Waals surface area (Å²) in [6.45, 7) is 0. The van der Waals surface area contributed by atoms with E-state index in [9.17, 15) is 41.7 Å². The van der Waals surface area contributed by atoms with E-state index >= 15 is 0 Å². The Kier molecular flexibility index (Phi) is 5.65. The van der Waals surface area contributed by atoms with Crippen molar-refractivity contribution in [2.75, 3.05) is 17.2 Å². The summed E-state index contributed by atoms with van der Waals surface area (Å²) < 4.78 is 82.1. The number of anilines is 3. The molecule has 0 saturated heterocycles. The van der Waals surface area contributed by atoms with Gasteiger partial charge in [-0.1, -0.05) is 12.1 Å². The molecule has 0 aliphatic heterocycles. The first-order chi connectivity index (χ1) is 15.1. The number of phenols is 3. The highest BCUT2D eigenvalue weighted by Gasteiger charge is 2.58. The van der Waals surface area contributed by atoms with Crippen LogP contribution >= 0.6 is 0 Å². The fraction of sp³-hybridized carbons (Fsp3) is 0.143. The second-order valence-corrected chi connectivity index (χ2v) is 7.21. The molecular weight excluding hydrogens is 456 g/mol. The van der Waals surface area contributed by atoms with Crippen molar-refractivity contribution in [1.82, 2.24) is 0 Å². The van der Waals surface area contributed by atoms with Gasteiger partial charge in [-0.15, -0.1) is 0 Å². The first-order valence-corrected chi connectivity index (χ1v) is 9.09. The largest absolute Gasteiger partial charge is 0.506 e. The number of halogens is 6. The van der Waals surface area contributed by atoms with Gasteiger partial charge in [0.2, 0.25) is 0 Å². The van der Waals surface area contributed by atoms with Crippen LogP contribution in [0.15, 0.2) is 42.5 Å². The molecule has 0 fully saturated rings. The summed E-state index contributed by atoms with van der Waals surface area (Å²) in [6, 6.07) is 6.69. The van der Waals surface area contributed by atoms with Crippen LogP contribution in [0.2, 0.25) is 0 Å². The minimum absolute atomic E-state index is 0.0874. The van der Waals surface area contributed by atoms with Crippen molar-refractivity contribution in [2.45, 2.75) is 18.3 Å². The lowest BCUT2D eigenvalue weighted by molar-refractivity contribution is -0.253. The standard InChI is InChI=1S/C21H17F6N3O3/c22-20(23,24)19(21(25,26)27)11-7-10(8-1-3-14(31)12(28)5-8)18(33)17(30)16(11)9-2-4-15(32)13(29)6-9/h1-7,19,31-33H,28-30H2. The lowest BCUT2D eigenvalue weighted by Crippen LogP contribution is -2.34. The SMILES string of the molecule is Nc1cc(-c2cc(C(C(F)(F)F)C(F)(F)F)c(-c3ccc(O)c(N)c3)c(N)c2O)ccc1O. The van der Waals surface area contributed by atoms with Gasteiger partial charge in [-0.2, -0.15) is 26.3 Å². The fourth-order valence-electron chi connectivity index (χ4n) is 3.46. The van der Waals surface area contributed by atoms with Crippen LogP contribution in [0.1, 0.15) is 11.5 Å². The van der Waals surface area contributed by atoms with Crippen molar-refractivity contribution >= 4 is 17.1 Å². The van der Waals surface area contributed by atoms with E-state index in [4.69, 9.17) is 17.2 Å². The Morgan fingerprint density at radius 1 is 0.667 bits per heavy atom. The Balaban J connectivity index is 2.45. The predicted molar refractivity (Wildman–Crippen MR) is 110 cm³/mol. The maximum Gasteiger partial charge on any atom is 0.404 e. The van der Waals surface area contributed by atoms with Crippen LogP contribution in [0, 0.1) is 0 Å². The Hall–Kier alpha value is -3.96. The molecular formula is C21H17F6N3O3. The molecule has 0 radical (unpaired) electrons. The minimum Gasteiger partial charge on any atom is -0.506 e. The fourth-order valence-corrected chi connectivity index (χ4v) is 3.46. The molecule has 3 aromatic carbocycles. The normalized spacial score (nSPS) is 12.3. The number of nitrogens with two attached hydrogens (primary N) is 3. The summed E-state index contributed by atoms with van der Waals surface area (Å²) in [5.74, 6) is -5.62. The van der Waals surface area contributed by atoms with Crippen molar-refractivity contribution < 1.29 is 41.7 Å². The molecule has 0 aliphatic carbocycles. The zero-order valence-electron chi connectivity index (χ0n) is 16.5. The third-order valence-corrected chi connectivity index (χ3v) is 4.99. The molecule has 0 aliphatic rings. The summed E-state index contributed by atoms with van der Waals surface area (Å²) >= 11 is 0. The lowest BCUT2D eigenvalue weighted by Gasteiger charge is -2.27. The summed E-state index contributed by atoms with van der Waals surface area (Å²) in [7, 11) is 0. The van der Waals surface area contributed by atoms with Gasteiger partial charge in [-0.3, -0.25) is 0 Å². The molecule has 0 atom stereocenters. The topological polar surface area (TPSA) is 139 Å². The highest BCUT2D eigenvalue weighted by atomic mass is 19.4. The van der Waals surface area contributed by atoms with E-state index < -0.39 is 52.1 Å². The van der Waals surface area contributed by atoms with Crippen LogP contribution in [0.25, 0.3) is 22.3 Å². The van der Waals surface area contributed by atoms with E-state index in [0.29, 0.717) is 6.07 Å². The summed E-state index contributed by atoms with van der Waals surface area (Å²) in [6.07, 6.45) is -11.5. The smallest absolute Gasteiger partial charge is 0.404 e. The molecule has 3 rings (SSSR count). The van der Waals surface area contributed by atoms with Crippen molar-refractivity contribution in [3.8, 4) is 39.5 Å². The van der Waals surface area contributed by atoms with E-state index in [1.807, 2.05) is 0 Å². The molecule has 33 heavy (non-hydrogen) atoms. The van der Waals surface area contributed by atoms with Crippen LogP contribution in [0.5, 0.6) is 17.2 Å². The summed E-state index contributed by atoms with van der Waals surface area (Å²) in [4.78, 5) is 0. The van der Waals surface area contributed by atoms with Crippen molar-refractivity contribution in [2.24, 2.45) is 0 Å². The maximum atomic E-state index is 13.7. The van der Waals surface area contributed by atoms with E-state index in [-0.39, 0.29) is 28.3 Å². The Labute approximate surface area is 182 Å².